The van der Waals surface area contributed by atoms with Gasteiger partial charge in [0, 0.05) is 39.8 Å². The summed E-state index contributed by atoms with van der Waals surface area (Å²) in [4.78, 5) is 2.61. The molecule has 10 aromatic rings. The second-order valence-corrected chi connectivity index (χ2v) is 20.6. The van der Waals surface area contributed by atoms with Gasteiger partial charge in [0.1, 0.15) is 11.3 Å². The van der Waals surface area contributed by atoms with Gasteiger partial charge in [-0.25, -0.2) is 0 Å². The van der Waals surface area contributed by atoms with Crippen molar-refractivity contribution in [3.63, 3.8) is 0 Å². The molecular weight excluding hydrogens is 931 g/mol. The van der Waals surface area contributed by atoms with Crippen LogP contribution in [0, 0.1) is 11.8 Å². The molecule has 1 atom stereocenters. The van der Waals surface area contributed by atoms with Gasteiger partial charge in [-0.3, -0.25) is 0 Å². The largest absolute Gasteiger partial charge is 0.456 e. The molecule has 2 heteroatoms. The Kier molecular flexibility index (Phi) is 10.3. The molecule has 5 aliphatic rings. The van der Waals surface area contributed by atoms with Crippen LogP contribution < -0.4 is 4.90 Å². The van der Waals surface area contributed by atoms with Crippen molar-refractivity contribution in [2.24, 2.45) is 0 Å². The number of hydrogen-bond acceptors (Lipinski definition) is 2. The van der Waals surface area contributed by atoms with Crippen LogP contribution in [0.2, 0.25) is 0 Å². The van der Waals surface area contributed by atoms with Gasteiger partial charge in [-0.15, -0.1) is 0 Å². The Morgan fingerprint density at radius 3 is 1.92 bits per heavy atom. The molecule has 9 aromatic carbocycles. The van der Waals surface area contributed by atoms with Crippen molar-refractivity contribution in [3.05, 3.63) is 323 Å². The number of anilines is 3. The first-order chi connectivity index (χ1) is 38.2. The molecule has 1 heterocycles. The van der Waals surface area contributed by atoms with Crippen molar-refractivity contribution in [2.75, 3.05) is 4.90 Å². The molecule has 0 aliphatic heterocycles. The minimum Gasteiger partial charge on any atom is -0.456 e. The summed E-state index contributed by atoms with van der Waals surface area (Å²) in [5, 5.41) is 1.15. The zero-order chi connectivity index (χ0) is 51.1. The van der Waals surface area contributed by atoms with E-state index in [2.05, 4.69) is 272 Å². The van der Waals surface area contributed by atoms with E-state index in [4.69, 9.17) is 4.42 Å². The maximum atomic E-state index is 6.65. The smallest absolute Gasteiger partial charge is 0.135 e. The van der Waals surface area contributed by atoms with Gasteiger partial charge >= 0.3 is 0 Å². The summed E-state index contributed by atoms with van der Waals surface area (Å²) in [6.45, 7) is 4.14. The summed E-state index contributed by atoms with van der Waals surface area (Å²) in [5.41, 5.74) is 24.5. The monoisotopic (exact) mass is 981 g/mol. The normalized spacial score (nSPS) is 16.6. The number of fused-ring (bicyclic) bond motifs is 16. The van der Waals surface area contributed by atoms with Crippen LogP contribution >= 0.6 is 0 Å². The second-order valence-electron chi connectivity index (χ2n) is 20.6. The van der Waals surface area contributed by atoms with Crippen LogP contribution in [0.1, 0.15) is 74.2 Å². The van der Waals surface area contributed by atoms with Crippen molar-refractivity contribution >= 4 is 45.3 Å². The molecule has 0 saturated heterocycles. The van der Waals surface area contributed by atoms with Crippen LogP contribution in [0.15, 0.2) is 266 Å². The van der Waals surface area contributed by atoms with Gasteiger partial charge in [0.05, 0.1) is 22.2 Å². The number of rotatable bonds is 9. The van der Waals surface area contributed by atoms with Crippen LogP contribution in [0.25, 0.3) is 61.6 Å². The standard InChI is InChI=1S/C75H51NO/c1-2-3-7-37-61(51-28-10-6-11-29-51)75(62-38-18-12-30-53(62)50-26-8-4-5-9-27-50)65-41-21-15-33-56(65)58-36-24-45-69(73(58)75)76(52-47-48-71-60(49-52)57-34-17-23-46-70(57)77-71)68-44-25-43-67-72(68)59-35-16-22-42-66(59)74(67)63-39-19-13-31-54(63)55-32-14-20-40-64(55)74/h2-4,6-8,10-16,18-26,28-33,35-49H,1,5,17,34H2/b7-3-,61-37+. The van der Waals surface area contributed by atoms with Gasteiger partial charge in [0.15, 0.2) is 0 Å². The Hall–Kier alpha value is -9.68. The van der Waals surface area contributed by atoms with Crippen LogP contribution in [0.3, 0.4) is 0 Å². The molecule has 362 valence electrons. The van der Waals surface area contributed by atoms with Gasteiger partial charge < -0.3 is 9.32 Å². The van der Waals surface area contributed by atoms with E-state index in [1.807, 2.05) is 12.2 Å². The van der Waals surface area contributed by atoms with Crippen LogP contribution in [0.4, 0.5) is 17.1 Å². The highest BCUT2D eigenvalue weighted by Gasteiger charge is 2.54. The Morgan fingerprint density at radius 2 is 1.17 bits per heavy atom. The fourth-order valence-corrected chi connectivity index (χ4v) is 14.0. The third-order valence-electron chi connectivity index (χ3n) is 16.9. The highest BCUT2D eigenvalue weighted by Crippen LogP contribution is 2.67. The average molecular weight is 982 g/mol. The third-order valence-corrected chi connectivity index (χ3v) is 16.9. The average Bonchev–Trinajstić information content (AvgIpc) is 4.25. The zero-order valence-corrected chi connectivity index (χ0v) is 42.5. The van der Waals surface area contributed by atoms with Gasteiger partial charge in [-0.05, 0) is 133 Å². The fourth-order valence-electron chi connectivity index (χ4n) is 14.0. The Labute approximate surface area is 450 Å². The lowest BCUT2D eigenvalue weighted by Crippen LogP contribution is -2.32. The van der Waals surface area contributed by atoms with Gasteiger partial charge in [0.2, 0.25) is 0 Å². The Balaban J connectivity index is 1.11. The van der Waals surface area contributed by atoms with Gasteiger partial charge in [-0.1, -0.05) is 237 Å². The van der Waals surface area contributed by atoms with E-state index < -0.39 is 10.8 Å². The summed E-state index contributed by atoms with van der Waals surface area (Å²) < 4.78 is 6.65. The van der Waals surface area contributed by atoms with E-state index in [1.165, 1.54) is 72.3 Å². The highest BCUT2D eigenvalue weighted by molar-refractivity contribution is 6.06. The number of allylic oxidation sites excluding steroid dienone is 10. The molecule has 0 amide bonds. The quantitative estimate of drug-likeness (QED) is 0.106. The molecule has 0 saturated carbocycles. The van der Waals surface area contributed by atoms with E-state index in [9.17, 15) is 0 Å². The number of benzene rings is 9. The summed E-state index contributed by atoms with van der Waals surface area (Å²) in [5.74, 6) is 8.07. The zero-order valence-electron chi connectivity index (χ0n) is 42.5. The molecule has 1 unspecified atom stereocenters. The van der Waals surface area contributed by atoms with E-state index in [0.717, 1.165) is 74.5 Å². The first-order valence-electron chi connectivity index (χ1n) is 26.9. The summed E-state index contributed by atoms with van der Waals surface area (Å²) in [6, 6.07) is 77.5. The molecule has 0 N–H and O–H groups in total. The lowest BCUT2D eigenvalue weighted by Gasteiger charge is -2.41. The molecule has 77 heavy (non-hydrogen) atoms. The van der Waals surface area contributed by atoms with Crippen LogP contribution in [-0.4, -0.2) is 0 Å². The minimum atomic E-state index is -0.910. The number of nitrogens with zero attached hydrogens (tertiary/aromatic N) is 1. The van der Waals surface area contributed by atoms with Crippen molar-refractivity contribution in [2.45, 2.75) is 30.1 Å². The molecule has 0 radical (unpaired) electrons. The fraction of sp³-hybridized carbons (Fsp3) is 0.0667. The van der Waals surface area contributed by atoms with E-state index in [1.54, 1.807) is 0 Å². The van der Waals surface area contributed by atoms with Gasteiger partial charge in [-0.2, -0.15) is 0 Å². The van der Waals surface area contributed by atoms with Crippen molar-refractivity contribution in [3.8, 4) is 45.2 Å². The minimum absolute atomic E-state index is 0.541. The predicted octanol–water partition coefficient (Wildman–Crippen LogP) is 18.7. The van der Waals surface area contributed by atoms with Crippen molar-refractivity contribution in [1.29, 1.82) is 0 Å². The maximum Gasteiger partial charge on any atom is 0.135 e. The Morgan fingerprint density at radius 1 is 0.558 bits per heavy atom. The lowest BCUT2D eigenvalue weighted by atomic mass is 9.63. The van der Waals surface area contributed by atoms with E-state index >= 15 is 0 Å². The summed E-state index contributed by atoms with van der Waals surface area (Å²) in [7, 11) is 0. The number of furan rings is 1. The highest BCUT2D eigenvalue weighted by atomic mass is 16.3. The molecule has 0 bridgehead atoms. The molecule has 1 aromatic heterocycles. The second kappa shape index (κ2) is 17.7. The topological polar surface area (TPSA) is 16.4 Å². The maximum absolute atomic E-state index is 6.65. The molecule has 2 nitrogen and oxygen atoms in total. The van der Waals surface area contributed by atoms with Gasteiger partial charge in [0.25, 0.3) is 0 Å². The first kappa shape index (κ1) is 44.8. The molecule has 15 rings (SSSR count). The predicted molar refractivity (Wildman–Crippen MR) is 320 cm³/mol. The molecular formula is C75H51NO. The van der Waals surface area contributed by atoms with E-state index in [0.29, 0.717) is 6.42 Å². The van der Waals surface area contributed by atoms with E-state index in [-0.39, 0.29) is 0 Å². The first-order valence-corrected chi connectivity index (χ1v) is 26.9. The van der Waals surface area contributed by atoms with Crippen molar-refractivity contribution < 1.29 is 4.42 Å². The number of aryl methyl sites for hydroxylation is 1. The Bertz CT molecular complexity index is 4300. The SMILES string of the molecule is C=C/C=C\C=C(/c1ccccc1)C1(c2ccccc2C2=CC=CCC#C2)c2ccccc2-c2cccc(N(c3ccc4oc5c(c4c3)CCC=C5)c3cccc4c3-c3ccccc3C43c4ccccc4-c4ccccc43)c21. The molecule has 1 spiro atoms. The van der Waals surface area contributed by atoms with Crippen LogP contribution in [0.5, 0.6) is 0 Å². The summed E-state index contributed by atoms with van der Waals surface area (Å²) in [6.07, 6.45) is 21.9. The summed E-state index contributed by atoms with van der Waals surface area (Å²) >= 11 is 0. The van der Waals surface area contributed by atoms with Crippen LogP contribution in [-0.2, 0) is 17.3 Å². The molecule has 0 fully saturated rings. The lowest BCUT2D eigenvalue weighted by molar-refractivity contribution is 0.595. The van der Waals surface area contributed by atoms with Crippen molar-refractivity contribution in [1.82, 2.24) is 0 Å². The number of hydrogen-bond donors (Lipinski definition) is 0. The third kappa shape index (κ3) is 6.38. The molecule has 5 aliphatic carbocycles.